The SMILES string of the molecule is CC(C)c1ccc(NC(=O)c2cccc(CBr)c2)cc1. The summed E-state index contributed by atoms with van der Waals surface area (Å²) in [7, 11) is 0. The number of halogens is 1. The molecule has 1 N–H and O–H groups in total. The minimum Gasteiger partial charge on any atom is -0.322 e. The van der Waals surface area contributed by atoms with E-state index in [4.69, 9.17) is 0 Å². The van der Waals surface area contributed by atoms with Crippen LogP contribution >= 0.6 is 15.9 Å². The van der Waals surface area contributed by atoms with Crippen LogP contribution < -0.4 is 5.32 Å². The van der Waals surface area contributed by atoms with Crippen LogP contribution in [0.1, 0.15) is 41.3 Å². The highest BCUT2D eigenvalue weighted by atomic mass is 79.9. The van der Waals surface area contributed by atoms with E-state index in [0.29, 0.717) is 11.5 Å². The van der Waals surface area contributed by atoms with E-state index in [1.807, 2.05) is 36.4 Å². The molecular weight excluding hydrogens is 314 g/mol. The third-order valence-corrected chi connectivity index (χ3v) is 3.83. The molecule has 0 saturated carbocycles. The normalized spacial score (nSPS) is 10.6. The topological polar surface area (TPSA) is 29.1 Å². The molecule has 0 aromatic heterocycles. The fourth-order valence-corrected chi connectivity index (χ4v) is 2.30. The lowest BCUT2D eigenvalue weighted by Crippen LogP contribution is -2.12. The Kier molecular flexibility index (Phi) is 4.96. The van der Waals surface area contributed by atoms with E-state index >= 15 is 0 Å². The van der Waals surface area contributed by atoms with Gasteiger partial charge >= 0.3 is 0 Å². The van der Waals surface area contributed by atoms with Crippen molar-refractivity contribution in [2.45, 2.75) is 25.1 Å². The van der Waals surface area contributed by atoms with Gasteiger partial charge in [-0.1, -0.05) is 54.0 Å². The van der Waals surface area contributed by atoms with E-state index in [2.05, 4.69) is 47.2 Å². The van der Waals surface area contributed by atoms with Crippen LogP contribution in [0.3, 0.4) is 0 Å². The molecule has 2 aromatic carbocycles. The van der Waals surface area contributed by atoms with Crippen LogP contribution in [0.25, 0.3) is 0 Å². The molecule has 0 atom stereocenters. The molecular formula is C17H18BrNO. The summed E-state index contributed by atoms with van der Waals surface area (Å²) in [5.74, 6) is 0.417. The van der Waals surface area contributed by atoms with Crippen LogP contribution in [-0.4, -0.2) is 5.91 Å². The first-order valence-corrected chi connectivity index (χ1v) is 7.78. The first kappa shape index (κ1) is 14.8. The van der Waals surface area contributed by atoms with Crippen molar-refractivity contribution in [2.24, 2.45) is 0 Å². The van der Waals surface area contributed by atoms with Crippen molar-refractivity contribution >= 4 is 27.5 Å². The van der Waals surface area contributed by atoms with Crippen LogP contribution in [0.15, 0.2) is 48.5 Å². The van der Waals surface area contributed by atoms with Crippen molar-refractivity contribution < 1.29 is 4.79 Å². The highest BCUT2D eigenvalue weighted by Gasteiger charge is 2.07. The predicted octanol–water partition coefficient (Wildman–Crippen LogP) is 4.96. The average Bonchev–Trinajstić information content (AvgIpc) is 2.47. The lowest BCUT2D eigenvalue weighted by atomic mass is 10.0. The van der Waals surface area contributed by atoms with E-state index in [1.54, 1.807) is 0 Å². The number of nitrogens with one attached hydrogen (secondary N) is 1. The highest BCUT2D eigenvalue weighted by Crippen LogP contribution is 2.18. The smallest absolute Gasteiger partial charge is 0.255 e. The summed E-state index contributed by atoms with van der Waals surface area (Å²) in [4.78, 5) is 12.2. The molecule has 0 fully saturated rings. The standard InChI is InChI=1S/C17H18BrNO/c1-12(2)14-6-8-16(9-7-14)19-17(20)15-5-3-4-13(10-15)11-18/h3-10,12H,11H2,1-2H3,(H,19,20). The van der Waals surface area contributed by atoms with Gasteiger partial charge in [0.1, 0.15) is 0 Å². The van der Waals surface area contributed by atoms with Crippen LogP contribution in [0, 0.1) is 0 Å². The van der Waals surface area contributed by atoms with Gasteiger partial charge in [0, 0.05) is 16.6 Å². The molecule has 2 aromatic rings. The molecule has 0 aliphatic heterocycles. The van der Waals surface area contributed by atoms with E-state index in [-0.39, 0.29) is 5.91 Å². The van der Waals surface area contributed by atoms with Gasteiger partial charge in [-0.05, 0) is 41.3 Å². The number of hydrogen-bond donors (Lipinski definition) is 1. The first-order chi connectivity index (χ1) is 9.60. The Morgan fingerprint density at radius 2 is 1.85 bits per heavy atom. The van der Waals surface area contributed by atoms with Gasteiger partial charge in [-0.25, -0.2) is 0 Å². The Balaban J connectivity index is 2.10. The summed E-state index contributed by atoms with van der Waals surface area (Å²) in [6.45, 7) is 4.30. The van der Waals surface area contributed by atoms with E-state index < -0.39 is 0 Å². The van der Waals surface area contributed by atoms with Crippen LogP contribution in [0.2, 0.25) is 0 Å². The molecule has 0 heterocycles. The molecule has 1 amide bonds. The molecule has 3 heteroatoms. The Morgan fingerprint density at radius 3 is 2.45 bits per heavy atom. The van der Waals surface area contributed by atoms with Crippen molar-refractivity contribution in [3.8, 4) is 0 Å². The molecule has 0 radical (unpaired) electrons. The molecule has 0 spiro atoms. The third-order valence-electron chi connectivity index (χ3n) is 3.18. The number of rotatable bonds is 4. The molecule has 20 heavy (non-hydrogen) atoms. The second-order valence-electron chi connectivity index (χ2n) is 5.06. The van der Waals surface area contributed by atoms with E-state index in [1.165, 1.54) is 5.56 Å². The molecule has 0 aliphatic rings. The van der Waals surface area contributed by atoms with Crippen molar-refractivity contribution in [3.63, 3.8) is 0 Å². The van der Waals surface area contributed by atoms with Crippen LogP contribution in [-0.2, 0) is 5.33 Å². The fourth-order valence-electron chi connectivity index (χ4n) is 1.95. The zero-order valence-corrected chi connectivity index (χ0v) is 13.3. The molecule has 0 bridgehead atoms. The molecule has 0 saturated heterocycles. The molecule has 0 aliphatic carbocycles. The number of anilines is 1. The summed E-state index contributed by atoms with van der Waals surface area (Å²) in [6, 6.07) is 15.6. The third kappa shape index (κ3) is 3.70. The van der Waals surface area contributed by atoms with Crippen LogP contribution in [0.5, 0.6) is 0 Å². The Labute approximate surface area is 128 Å². The zero-order chi connectivity index (χ0) is 14.5. The van der Waals surface area contributed by atoms with Gasteiger partial charge in [0.25, 0.3) is 5.91 Å². The van der Waals surface area contributed by atoms with Gasteiger partial charge in [0.2, 0.25) is 0 Å². The average molecular weight is 332 g/mol. The van der Waals surface area contributed by atoms with Crippen molar-refractivity contribution in [2.75, 3.05) is 5.32 Å². The first-order valence-electron chi connectivity index (χ1n) is 6.66. The summed E-state index contributed by atoms with van der Waals surface area (Å²) in [5, 5.41) is 3.67. The summed E-state index contributed by atoms with van der Waals surface area (Å²) in [6.07, 6.45) is 0. The number of alkyl halides is 1. The number of benzene rings is 2. The van der Waals surface area contributed by atoms with Crippen molar-refractivity contribution in [1.82, 2.24) is 0 Å². The number of amides is 1. The monoisotopic (exact) mass is 331 g/mol. The van der Waals surface area contributed by atoms with E-state index in [0.717, 1.165) is 16.6 Å². The van der Waals surface area contributed by atoms with Gasteiger partial charge in [0.15, 0.2) is 0 Å². The number of carbonyl (C=O) groups is 1. The predicted molar refractivity (Wildman–Crippen MR) is 87.6 cm³/mol. The molecule has 0 unspecified atom stereocenters. The van der Waals surface area contributed by atoms with Gasteiger partial charge < -0.3 is 5.32 Å². The lowest BCUT2D eigenvalue weighted by molar-refractivity contribution is 0.102. The summed E-state index contributed by atoms with van der Waals surface area (Å²) < 4.78 is 0. The molecule has 2 nitrogen and oxygen atoms in total. The van der Waals surface area contributed by atoms with Gasteiger partial charge in [-0.3, -0.25) is 4.79 Å². The minimum atomic E-state index is -0.0786. The maximum atomic E-state index is 12.2. The van der Waals surface area contributed by atoms with Crippen molar-refractivity contribution in [1.29, 1.82) is 0 Å². The quantitative estimate of drug-likeness (QED) is 0.788. The second kappa shape index (κ2) is 6.71. The fraction of sp³-hybridized carbons (Fsp3) is 0.235. The van der Waals surface area contributed by atoms with E-state index in [9.17, 15) is 4.79 Å². The second-order valence-corrected chi connectivity index (χ2v) is 5.63. The van der Waals surface area contributed by atoms with Gasteiger partial charge in [0.05, 0.1) is 0 Å². The number of carbonyl (C=O) groups excluding carboxylic acids is 1. The largest absolute Gasteiger partial charge is 0.322 e. The van der Waals surface area contributed by atoms with Crippen molar-refractivity contribution in [3.05, 3.63) is 65.2 Å². The Morgan fingerprint density at radius 1 is 1.15 bits per heavy atom. The lowest BCUT2D eigenvalue weighted by Gasteiger charge is -2.09. The maximum absolute atomic E-state index is 12.2. The van der Waals surface area contributed by atoms with Gasteiger partial charge in [-0.15, -0.1) is 0 Å². The maximum Gasteiger partial charge on any atom is 0.255 e. The molecule has 104 valence electrons. The summed E-state index contributed by atoms with van der Waals surface area (Å²) in [5.41, 5.74) is 3.86. The minimum absolute atomic E-state index is 0.0786. The Bertz CT molecular complexity index is 590. The zero-order valence-electron chi connectivity index (χ0n) is 11.7. The van der Waals surface area contributed by atoms with Gasteiger partial charge in [-0.2, -0.15) is 0 Å². The highest BCUT2D eigenvalue weighted by molar-refractivity contribution is 9.08. The summed E-state index contributed by atoms with van der Waals surface area (Å²) >= 11 is 3.40. The Hall–Kier alpha value is -1.61. The molecule has 2 rings (SSSR count). The number of hydrogen-bond acceptors (Lipinski definition) is 1. The van der Waals surface area contributed by atoms with Crippen LogP contribution in [0.4, 0.5) is 5.69 Å².